The van der Waals surface area contributed by atoms with Gasteiger partial charge in [0.05, 0.1) is 6.10 Å². The molecule has 0 amide bonds. The molecule has 1 unspecified atom stereocenters. The highest BCUT2D eigenvalue weighted by molar-refractivity contribution is 5.44. The summed E-state index contributed by atoms with van der Waals surface area (Å²) < 4.78 is 0. The summed E-state index contributed by atoms with van der Waals surface area (Å²) in [6.07, 6.45) is 3.63. The van der Waals surface area contributed by atoms with E-state index < -0.39 is 0 Å². The van der Waals surface area contributed by atoms with Crippen molar-refractivity contribution in [3.63, 3.8) is 0 Å². The zero-order valence-corrected chi connectivity index (χ0v) is 9.19. The molecule has 1 aromatic carbocycles. The van der Waals surface area contributed by atoms with E-state index in [4.69, 9.17) is 0 Å². The Hall–Kier alpha value is -1.06. The van der Waals surface area contributed by atoms with Gasteiger partial charge in [-0.3, -0.25) is 0 Å². The molecule has 3 heteroatoms. The zero-order valence-electron chi connectivity index (χ0n) is 9.19. The highest BCUT2D eigenvalue weighted by atomic mass is 16.3. The van der Waals surface area contributed by atoms with E-state index in [1.807, 2.05) is 6.07 Å². The lowest BCUT2D eigenvalue weighted by Gasteiger charge is -2.34. The first kappa shape index (κ1) is 10.1. The molecule has 3 rings (SSSR count). The Morgan fingerprint density at radius 1 is 1.25 bits per heavy atom. The molecule has 0 saturated heterocycles. The molecule has 3 N–H and O–H groups in total. The highest BCUT2D eigenvalue weighted by Crippen LogP contribution is 2.37. The highest BCUT2D eigenvalue weighted by Gasteiger charge is 2.32. The van der Waals surface area contributed by atoms with Crippen molar-refractivity contribution in [3.8, 4) is 5.75 Å². The van der Waals surface area contributed by atoms with Crippen molar-refractivity contribution in [2.24, 2.45) is 0 Å². The van der Waals surface area contributed by atoms with Gasteiger partial charge in [-0.25, -0.2) is 0 Å². The fraction of sp³-hybridized carbons (Fsp3) is 0.538. The van der Waals surface area contributed by atoms with Gasteiger partial charge in [-0.1, -0.05) is 12.1 Å². The molecule has 86 valence electrons. The van der Waals surface area contributed by atoms with Crippen LogP contribution < -0.4 is 5.32 Å². The van der Waals surface area contributed by atoms with E-state index in [1.54, 1.807) is 6.07 Å². The first-order valence-electron chi connectivity index (χ1n) is 5.99. The second kappa shape index (κ2) is 3.75. The Kier molecular flexibility index (Phi) is 2.37. The van der Waals surface area contributed by atoms with Crippen LogP contribution in [0.15, 0.2) is 18.2 Å². The molecule has 1 saturated carbocycles. The zero-order chi connectivity index (χ0) is 11.1. The molecule has 1 aromatic rings. The maximum atomic E-state index is 9.73. The molecular formula is C13H17NO2. The average Bonchev–Trinajstić information content (AvgIpc) is 2.61. The van der Waals surface area contributed by atoms with E-state index in [9.17, 15) is 10.2 Å². The van der Waals surface area contributed by atoms with Gasteiger partial charge in [0.15, 0.2) is 0 Å². The van der Waals surface area contributed by atoms with Crippen LogP contribution in [0.25, 0.3) is 0 Å². The fourth-order valence-corrected chi connectivity index (χ4v) is 2.82. The maximum Gasteiger partial charge on any atom is 0.119 e. The Balaban J connectivity index is 1.74. The van der Waals surface area contributed by atoms with Gasteiger partial charge in [-0.15, -0.1) is 0 Å². The number of hydrogen-bond acceptors (Lipinski definition) is 3. The smallest absolute Gasteiger partial charge is 0.119 e. The van der Waals surface area contributed by atoms with Crippen LogP contribution in [0.4, 0.5) is 0 Å². The van der Waals surface area contributed by atoms with Gasteiger partial charge >= 0.3 is 0 Å². The van der Waals surface area contributed by atoms with Crippen LogP contribution >= 0.6 is 0 Å². The van der Waals surface area contributed by atoms with Crippen molar-refractivity contribution >= 4 is 0 Å². The third-order valence-corrected chi connectivity index (χ3v) is 3.80. The van der Waals surface area contributed by atoms with Crippen LogP contribution in [0.2, 0.25) is 0 Å². The number of benzene rings is 1. The molecule has 1 atom stereocenters. The monoisotopic (exact) mass is 219 g/mol. The van der Waals surface area contributed by atoms with Crippen molar-refractivity contribution in [3.05, 3.63) is 29.3 Å². The molecule has 0 radical (unpaired) electrons. The first-order valence-corrected chi connectivity index (χ1v) is 5.99. The summed E-state index contributed by atoms with van der Waals surface area (Å²) in [6, 6.07) is 6.57. The minimum absolute atomic E-state index is 0.109. The summed E-state index contributed by atoms with van der Waals surface area (Å²) in [4.78, 5) is 0. The summed E-state index contributed by atoms with van der Waals surface area (Å²) in [7, 11) is 0. The van der Waals surface area contributed by atoms with Gasteiger partial charge < -0.3 is 15.5 Å². The summed E-state index contributed by atoms with van der Waals surface area (Å²) in [5, 5.41) is 22.5. The molecule has 0 bridgehead atoms. The fourth-order valence-electron chi connectivity index (χ4n) is 2.82. The third-order valence-electron chi connectivity index (χ3n) is 3.80. The third kappa shape index (κ3) is 1.60. The number of phenolic OH excluding ortho intramolecular Hbond substituents is 1. The van der Waals surface area contributed by atoms with Crippen LogP contribution in [-0.4, -0.2) is 22.4 Å². The first-order chi connectivity index (χ1) is 7.74. The van der Waals surface area contributed by atoms with E-state index in [0.29, 0.717) is 17.8 Å². The van der Waals surface area contributed by atoms with E-state index in [0.717, 1.165) is 31.2 Å². The van der Waals surface area contributed by atoms with Crippen molar-refractivity contribution < 1.29 is 10.2 Å². The molecule has 2 aliphatic rings. The summed E-state index contributed by atoms with van der Waals surface area (Å²) in [6.45, 7) is 0. The van der Waals surface area contributed by atoms with Gasteiger partial charge in [-0.05, 0) is 42.9 Å². The number of phenols is 1. The lowest BCUT2D eigenvalue weighted by Crippen LogP contribution is -2.45. The Bertz CT molecular complexity index is 399. The second-order valence-electron chi connectivity index (χ2n) is 4.92. The van der Waals surface area contributed by atoms with Gasteiger partial charge in [0.2, 0.25) is 0 Å². The Morgan fingerprint density at radius 3 is 2.81 bits per heavy atom. The van der Waals surface area contributed by atoms with Gasteiger partial charge in [0, 0.05) is 12.1 Å². The summed E-state index contributed by atoms with van der Waals surface area (Å²) >= 11 is 0. The van der Waals surface area contributed by atoms with Crippen LogP contribution in [0, 0.1) is 0 Å². The average molecular weight is 219 g/mol. The van der Waals surface area contributed by atoms with Crippen LogP contribution in [-0.2, 0) is 6.42 Å². The number of aromatic hydroxyl groups is 1. The molecule has 0 aliphatic heterocycles. The van der Waals surface area contributed by atoms with E-state index >= 15 is 0 Å². The van der Waals surface area contributed by atoms with E-state index in [1.165, 1.54) is 5.56 Å². The number of fused-ring (bicyclic) bond motifs is 1. The largest absolute Gasteiger partial charge is 0.508 e. The lowest BCUT2D eigenvalue weighted by molar-refractivity contribution is 0.0577. The van der Waals surface area contributed by atoms with Crippen LogP contribution in [0.3, 0.4) is 0 Å². The number of nitrogens with one attached hydrogen (secondary N) is 1. The summed E-state index contributed by atoms with van der Waals surface area (Å²) in [5.41, 5.74) is 2.33. The van der Waals surface area contributed by atoms with Crippen molar-refractivity contribution in [2.45, 2.75) is 43.9 Å². The number of rotatable bonds is 2. The normalized spacial score (nSPS) is 32.2. The topological polar surface area (TPSA) is 52.5 Å². The second-order valence-corrected chi connectivity index (χ2v) is 4.92. The predicted molar refractivity (Wildman–Crippen MR) is 61.3 cm³/mol. The van der Waals surface area contributed by atoms with Crippen molar-refractivity contribution in [2.75, 3.05) is 0 Å². The molecule has 1 fully saturated rings. The lowest BCUT2D eigenvalue weighted by atomic mass is 9.88. The van der Waals surface area contributed by atoms with Gasteiger partial charge in [0.25, 0.3) is 0 Å². The summed E-state index contributed by atoms with van der Waals surface area (Å²) in [5.74, 6) is 0.426. The maximum absolute atomic E-state index is 9.73. The SMILES string of the molecule is Oc1cccc2c1CCC2NC1CC(O)C1. The minimum Gasteiger partial charge on any atom is -0.508 e. The van der Waals surface area contributed by atoms with Crippen LogP contribution in [0.1, 0.15) is 36.4 Å². The molecule has 0 spiro atoms. The molecule has 0 heterocycles. The standard InChI is InChI=1S/C13H17NO2/c15-9-6-8(7-9)14-12-5-4-11-10(12)2-1-3-13(11)16/h1-3,8-9,12,14-16H,4-7H2. The van der Waals surface area contributed by atoms with Gasteiger partial charge in [-0.2, -0.15) is 0 Å². The van der Waals surface area contributed by atoms with Crippen molar-refractivity contribution in [1.82, 2.24) is 5.32 Å². The molecular weight excluding hydrogens is 202 g/mol. The van der Waals surface area contributed by atoms with E-state index in [-0.39, 0.29) is 6.10 Å². The number of aliphatic hydroxyl groups is 1. The number of aliphatic hydroxyl groups excluding tert-OH is 1. The minimum atomic E-state index is -0.109. The molecule has 0 aromatic heterocycles. The number of hydrogen-bond donors (Lipinski definition) is 3. The molecule has 2 aliphatic carbocycles. The van der Waals surface area contributed by atoms with E-state index in [2.05, 4.69) is 11.4 Å². The van der Waals surface area contributed by atoms with Crippen LogP contribution in [0.5, 0.6) is 5.75 Å². The molecule has 16 heavy (non-hydrogen) atoms. The quantitative estimate of drug-likeness (QED) is 0.706. The molecule has 3 nitrogen and oxygen atoms in total. The predicted octanol–water partition coefficient (Wildman–Crippen LogP) is 1.49. The Labute approximate surface area is 95.1 Å². The van der Waals surface area contributed by atoms with Gasteiger partial charge in [0.1, 0.15) is 5.75 Å². The Morgan fingerprint density at radius 2 is 2.06 bits per heavy atom. The van der Waals surface area contributed by atoms with Crippen molar-refractivity contribution in [1.29, 1.82) is 0 Å².